The summed E-state index contributed by atoms with van der Waals surface area (Å²) in [5, 5.41) is 0. The van der Waals surface area contributed by atoms with E-state index in [0.717, 1.165) is 29.8 Å². The van der Waals surface area contributed by atoms with Gasteiger partial charge in [-0.1, -0.05) is 44.6 Å². The first-order chi connectivity index (χ1) is 10.1. The molecule has 2 nitrogen and oxygen atoms in total. The van der Waals surface area contributed by atoms with E-state index in [9.17, 15) is 0 Å². The van der Waals surface area contributed by atoms with Crippen LogP contribution in [-0.4, -0.2) is 0 Å². The maximum absolute atomic E-state index is 6.24. The molecule has 1 fully saturated rings. The molecule has 0 radical (unpaired) electrons. The number of aryl methyl sites for hydroxylation is 1. The predicted molar refractivity (Wildman–Crippen MR) is 94.4 cm³/mol. The van der Waals surface area contributed by atoms with E-state index in [1.165, 1.54) is 16.7 Å². The minimum absolute atomic E-state index is 0.0535. The molecule has 22 heavy (non-hydrogen) atoms. The maximum Gasteiger partial charge on any atom is 0.0346 e. The van der Waals surface area contributed by atoms with Crippen LogP contribution in [0.2, 0.25) is 0 Å². The lowest BCUT2D eigenvalue weighted by atomic mass is 9.73. The smallest absolute Gasteiger partial charge is 0.0346 e. The van der Waals surface area contributed by atoms with Gasteiger partial charge < -0.3 is 11.5 Å². The molecule has 1 aromatic carbocycles. The molecule has 4 N–H and O–H groups in total. The molecule has 0 spiro atoms. The summed E-state index contributed by atoms with van der Waals surface area (Å²) in [6, 6.07) is 6.57. The third kappa shape index (κ3) is 2.08. The summed E-state index contributed by atoms with van der Waals surface area (Å²) in [7, 11) is 0. The van der Waals surface area contributed by atoms with Crippen molar-refractivity contribution in [2.75, 3.05) is 5.73 Å². The Balaban J connectivity index is 2.16. The Labute approximate surface area is 134 Å². The average molecular weight is 296 g/mol. The van der Waals surface area contributed by atoms with Gasteiger partial charge in [-0.2, -0.15) is 0 Å². The highest BCUT2D eigenvalue weighted by molar-refractivity contribution is 5.55. The van der Waals surface area contributed by atoms with Gasteiger partial charge in [0.1, 0.15) is 0 Å². The van der Waals surface area contributed by atoms with Crippen LogP contribution in [0.3, 0.4) is 0 Å². The Bertz CT molecular complexity index is 694. The van der Waals surface area contributed by atoms with Crippen LogP contribution in [0.15, 0.2) is 41.1 Å². The van der Waals surface area contributed by atoms with Crippen molar-refractivity contribution in [1.82, 2.24) is 0 Å². The molecular formula is C20H28N2. The van der Waals surface area contributed by atoms with Crippen molar-refractivity contribution < 1.29 is 0 Å². The van der Waals surface area contributed by atoms with E-state index in [-0.39, 0.29) is 10.8 Å². The molecule has 0 saturated heterocycles. The van der Waals surface area contributed by atoms with Crippen molar-refractivity contribution >= 4 is 5.69 Å². The Morgan fingerprint density at radius 1 is 1.09 bits per heavy atom. The summed E-state index contributed by atoms with van der Waals surface area (Å²) in [6.45, 7) is 11.3. The van der Waals surface area contributed by atoms with Crippen molar-refractivity contribution in [3.05, 3.63) is 52.2 Å². The molecule has 0 aromatic heterocycles. The number of allylic oxidation sites excluding steroid dienone is 4. The van der Waals surface area contributed by atoms with Gasteiger partial charge in [-0.25, -0.2) is 0 Å². The van der Waals surface area contributed by atoms with Crippen LogP contribution in [0.25, 0.3) is 0 Å². The number of rotatable bonds is 1. The third-order valence-electron chi connectivity index (χ3n) is 5.98. The van der Waals surface area contributed by atoms with E-state index >= 15 is 0 Å². The molecule has 0 aliphatic heterocycles. The van der Waals surface area contributed by atoms with E-state index in [0.29, 0.717) is 5.92 Å². The molecule has 2 unspecified atom stereocenters. The van der Waals surface area contributed by atoms with Crippen molar-refractivity contribution in [3.8, 4) is 0 Å². The first-order valence-corrected chi connectivity index (χ1v) is 8.19. The van der Waals surface area contributed by atoms with E-state index < -0.39 is 0 Å². The molecule has 3 rings (SSSR count). The van der Waals surface area contributed by atoms with Gasteiger partial charge >= 0.3 is 0 Å². The Morgan fingerprint density at radius 3 is 2.41 bits per heavy atom. The Kier molecular flexibility index (Phi) is 3.21. The lowest BCUT2D eigenvalue weighted by molar-refractivity contribution is 0.265. The van der Waals surface area contributed by atoms with Crippen LogP contribution < -0.4 is 11.5 Å². The predicted octanol–water partition coefficient (Wildman–Crippen LogP) is 4.44. The Morgan fingerprint density at radius 2 is 1.77 bits per heavy atom. The first kappa shape index (κ1) is 15.2. The second-order valence-electron chi connectivity index (χ2n) is 8.13. The molecule has 1 aromatic rings. The molecule has 0 heterocycles. The number of fused-ring (bicyclic) bond motifs is 1. The Hall–Kier alpha value is -1.70. The van der Waals surface area contributed by atoms with Gasteiger partial charge in [0, 0.05) is 16.8 Å². The lowest BCUT2D eigenvalue weighted by Crippen LogP contribution is -2.25. The van der Waals surface area contributed by atoms with Crippen LogP contribution in [0.4, 0.5) is 5.69 Å². The second-order valence-corrected chi connectivity index (χ2v) is 8.13. The molecule has 2 aliphatic carbocycles. The van der Waals surface area contributed by atoms with Crippen LogP contribution in [0.5, 0.6) is 0 Å². The summed E-state index contributed by atoms with van der Waals surface area (Å²) in [6.07, 6.45) is 4.47. The number of anilines is 1. The van der Waals surface area contributed by atoms with Crippen LogP contribution in [-0.2, 0) is 5.41 Å². The minimum Gasteiger partial charge on any atom is -0.402 e. The fourth-order valence-electron chi connectivity index (χ4n) is 4.55. The zero-order valence-electron chi connectivity index (χ0n) is 14.5. The highest BCUT2D eigenvalue weighted by Crippen LogP contribution is 2.60. The molecule has 2 aliphatic rings. The van der Waals surface area contributed by atoms with Gasteiger partial charge in [0.15, 0.2) is 0 Å². The fraction of sp³-hybridized carbons (Fsp3) is 0.500. The quantitative estimate of drug-likeness (QED) is 0.753. The van der Waals surface area contributed by atoms with Crippen LogP contribution in [0, 0.1) is 18.3 Å². The number of hydrogen-bond acceptors (Lipinski definition) is 2. The standard InChI is InChI=1S/C20H28N2/c1-12-6-7-14(9-17(12)21)20(5)11-19(3,4)15-10-18(22)13(2)8-16(15)20/h6-9,15H,10-11,21-22H2,1-5H3. The highest BCUT2D eigenvalue weighted by atomic mass is 14.6. The lowest BCUT2D eigenvalue weighted by Gasteiger charge is -2.32. The average Bonchev–Trinajstić information content (AvgIpc) is 2.62. The molecule has 2 heteroatoms. The third-order valence-corrected chi connectivity index (χ3v) is 5.98. The van der Waals surface area contributed by atoms with Gasteiger partial charge in [0.25, 0.3) is 0 Å². The van der Waals surface area contributed by atoms with Gasteiger partial charge in [-0.3, -0.25) is 0 Å². The van der Waals surface area contributed by atoms with Crippen LogP contribution >= 0.6 is 0 Å². The fourth-order valence-corrected chi connectivity index (χ4v) is 4.55. The normalized spacial score (nSPS) is 30.2. The number of benzene rings is 1. The molecule has 2 atom stereocenters. The summed E-state index contributed by atoms with van der Waals surface area (Å²) in [5.41, 5.74) is 19.9. The largest absolute Gasteiger partial charge is 0.402 e. The summed E-state index contributed by atoms with van der Waals surface area (Å²) in [5.74, 6) is 0.531. The van der Waals surface area contributed by atoms with Crippen molar-refractivity contribution in [2.45, 2.75) is 52.9 Å². The van der Waals surface area contributed by atoms with E-state index in [1.807, 2.05) is 0 Å². The summed E-state index contributed by atoms with van der Waals surface area (Å²) < 4.78 is 0. The van der Waals surface area contributed by atoms with Gasteiger partial charge in [-0.05, 0) is 60.8 Å². The monoisotopic (exact) mass is 296 g/mol. The highest BCUT2D eigenvalue weighted by Gasteiger charge is 2.52. The summed E-state index contributed by atoms with van der Waals surface area (Å²) >= 11 is 0. The molecule has 0 amide bonds. The number of nitrogens with two attached hydrogens (primary N) is 2. The van der Waals surface area contributed by atoms with Gasteiger partial charge in [0.2, 0.25) is 0 Å². The van der Waals surface area contributed by atoms with Gasteiger partial charge in [0.05, 0.1) is 0 Å². The molecule has 0 bridgehead atoms. The van der Waals surface area contributed by atoms with Crippen molar-refractivity contribution in [3.63, 3.8) is 0 Å². The number of nitrogen functional groups attached to an aromatic ring is 1. The zero-order valence-corrected chi connectivity index (χ0v) is 14.5. The first-order valence-electron chi connectivity index (χ1n) is 8.19. The molecule has 118 valence electrons. The summed E-state index contributed by atoms with van der Waals surface area (Å²) in [4.78, 5) is 0. The minimum atomic E-state index is 0.0535. The van der Waals surface area contributed by atoms with E-state index in [4.69, 9.17) is 11.5 Å². The van der Waals surface area contributed by atoms with E-state index in [1.54, 1.807) is 0 Å². The van der Waals surface area contributed by atoms with Crippen LogP contribution in [0.1, 0.15) is 51.7 Å². The second kappa shape index (κ2) is 4.65. The van der Waals surface area contributed by atoms with Crippen molar-refractivity contribution in [2.24, 2.45) is 17.1 Å². The number of hydrogen-bond donors (Lipinski definition) is 2. The maximum atomic E-state index is 6.24. The molecular weight excluding hydrogens is 268 g/mol. The van der Waals surface area contributed by atoms with E-state index in [2.05, 4.69) is 58.9 Å². The molecule has 1 saturated carbocycles. The SMILES string of the molecule is CC1=C(N)CC2C(=C1)C(C)(c1ccc(C)c(N)c1)CC2(C)C. The topological polar surface area (TPSA) is 52.0 Å². The van der Waals surface area contributed by atoms with Gasteiger partial charge in [-0.15, -0.1) is 0 Å². The zero-order chi connectivity index (χ0) is 16.3. The van der Waals surface area contributed by atoms with Crippen molar-refractivity contribution in [1.29, 1.82) is 0 Å².